The van der Waals surface area contributed by atoms with Gasteiger partial charge < -0.3 is 4.90 Å². The molecule has 1 unspecified atom stereocenters. The number of halogens is 1. The average Bonchev–Trinajstić information content (AvgIpc) is 2.67. The lowest BCUT2D eigenvalue weighted by Crippen LogP contribution is -2.35. The second-order valence-corrected chi connectivity index (χ2v) is 3.98. The van der Waals surface area contributed by atoms with Crippen LogP contribution < -0.4 is 0 Å². The van der Waals surface area contributed by atoms with Crippen LogP contribution in [0, 0.1) is 0 Å². The van der Waals surface area contributed by atoms with E-state index >= 15 is 0 Å². The van der Waals surface area contributed by atoms with Crippen molar-refractivity contribution in [3.8, 4) is 0 Å². The molecule has 1 rings (SSSR count). The van der Waals surface area contributed by atoms with Gasteiger partial charge in [0.1, 0.15) is 4.88 Å². The molecule has 0 radical (unpaired) electrons. The lowest BCUT2D eigenvalue weighted by molar-refractivity contribution is 0.0761. The highest BCUT2D eigenvalue weighted by Gasteiger charge is 2.17. The summed E-state index contributed by atoms with van der Waals surface area (Å²) in [6, 6.07) is 0.0521. The molecule has 1 heterocycles. The van der Waals surface area contributed by atoms with Crippen LogP contribution in [0.15, 0.2) is 11.7 Å². The number of carbonyl (C=O) groups excluding carboxylic acids is 1. The summed E-state index contributed by atoms with van der Waals surface area (Å²) in [6.45, 7) is 1.91. The van der Waals surface area contributed by atoms with Crippen molar-refractivity contribution in [1.29, 1.82) is 0 Å². The Kier molecular flexibility index (Phi) is 3.69. The Bertz CT molecular complexity index is 276. The van der Waals surface area contributed by atoms with Gasteiger partial charge in [-0.1, -0.05) is 0 Å². The topological polar surface area (TPSA) is 33.2 Å². The molecule has 0 aliphatic heterocycles. The standard InChI is InChI=1S/C8H11ClN2OS/c1-6(3-9)11(2)8(12)7-4-10-5-13-7/h4-6H,3H2,1-2H3. The molecular weight excluding hydrogens is 208 g/mol. The van der Waals surface area contributed by atoms with Crippen molar-refractivity contribution in [1.82, 2.24) is 9.88 Å². The predicted molar refractivity (Wildman–Crippen MR) is 54.4 cm³/mol. The monoisotopic (exact) mass is 218 g/mol. The zero-order valence-electron chi connectivity index (χ0n) is 7.53. The first-order chi connectivity index (χ1) is 6.16. The SMILES string of the molecule is CC(CCl)N(C)C(=O)c1cncs1. The highest BCUT2D eigenvalue weighted by Crippen LogP contribution is 2.11. The summed E-state index contributed by atoms with van der Waals surface area (Å²) in [5.41, 5.74) is 1.65. The van der Waals surface area contributed by atoms with Crippen molar-refractivity contribution in [3.63, 3.8) is 0 Å². The highest BCUT2D eigenvalue weighted by molar-refractivity contribution is 7.11. The van der Waals surface area contributed by atoms with Crippen LogP contribution in [0.25, 0.3) is 0 Å². The third-order valence-corrected chi connectivity index (χ3v) is 3.06. The molecule has 0 bridgehead atoms. The summed E-state index contributed by atoms with van der Waals surface area (Å²) in [5.74, 6) is 0.428. The van der Waals surface area contributed by atoms with Crippen LogP contribution in [0.5, 0.6) is 0 Å². The van der Waals surface area contributed by atoms with E-state index in [9.17, 15) is 4.79 Å². The minimum absolute atomic E-state index is 0.0179. The van der Waals surface area contributed by atoms with Crippen molar-refractivity contribution in [2.24, 2.45) is 0 Å². The Morgan fingerprint density at radius 3 is 3.00 bits per heavy atom. The number of hydrogen-bond acceptors (Lipinski definition) is 3. The molecule has 0 aromatic carbocycles. The molecule has 1 aromatic heterocycles. The van der Waals surface area contributed by atoms with Gasteiger partial charge in [-0.2, -0.15) is 0 Å². The molecule has 3 nitrogen and oxygen atoms in total. The molecule has 0 saturated carbocycles. The lowest BCUT2D eigenvalue weighted by Gasteiger charge is -2.21. The summed E-state index contributed by atoms with van der Waals surface area (Å²) in [6.07, 6.45) is 1.57. The average molecular weight is 219 g/mol. The number of thiazole rings is 1. The minimum Gasteiger partial charge on any atom is -0.337 e. The molecule has 0 saturated heterocycles. The van der Waals surface area contributed by atoms with E-state index in [4.69, 9.17) is 11.6 Å². The molecule has 0 aliphatic carbocycles. The van der Waals surface area contributed by atoms with E-state index in [1.165, 1.54) is 11.3 Å². The first-order valence-corrected chi connectivity index (χ1v) is 5.30. The van der Waals surface area contributed by atoms with Crippen LogP contribution in [-0.4, -0.2) is 34.8 Å². The molecule has 1 atom stereocenters. The van der Waals surface area contributed by atoms with Gasteiger partial charge in [0.2, 0.25) is 0 Å². The Hall–Kier alpha value is -0.610. The molecular formula is C8H11ClN2OS. The normalized spacial score (nSPS) is 12.5. The number of hydrogen-bond donors (Lipinski definition) is 0. The number of nitrogens with zero attached hydrogens (tertiary/aromatic N) is 2. The summed E-state index contributed by atoms with van der Waals surface area (Å²) in [7, 11) is 1.75. The maximum atomic E-state index is 11.6. The van der Waals surface area contributed by atoms with Gasteiger partial charge in [-0.25, -0.2) is 0 Å². The van der Waals surface area contributed by atoms with Crippen molar-refractivity contribution in [2.75, 3.05) is 12.9 Å². The summed E-state index contributed by atoms with van der Waals surface area (Å²) in [4.78, 5) is 17.8. The Morgan fingerprint density at radius 2 is 2.54 bits per heavy atom. The lowest BCUT2D eigenvalue weighted by atomic mass is 10.3. The maximum absolute atomic E-state index is 11.6. The Morgan fingerprint density at radius 1 is 1.85 bits per heavy atom. The second-order valence-electron chi connectivity index (χ2n) is 2.79. The number of carbonyl (C=O) groups is 1. The van der Waals surface area contributed by atoms with Crippen LogP contribution in [0.4, 0.5) is 0 Å². The fourth-order valence-electron chi connectivity index (χ4n) is 0.799. The molecule has 0 N–H and O–H groups in total. The van der Waals surface area contributed by atoms with Gasteiger partial charge in [-0.3, -0.25) is 9.78 Å². The molecule has 1 amide bonds. The van der Waals surface area contributed by atoms with Crippen molar-refractivity contribution in [3.05, 3.63) is 16.6 Å². The maximum Gasteiger partial charge on any atom is 0.265 e. The number of rotatable bonds is 3. The van der Waals surface area contributed by atoms with Crippen LogP contribution in [-0.2, 0) is 0 Å². The van der Waals surface area contributed by atoms with Crippen molar-refractivity contribution in [2.45, 2.75) is 13.0 Å². The quantitative estimate of drug-likeness (QED) is 0.726. The van der Waals surface area contributed by atoms with E-state index in [0.717, 1.165) is 0 Å². The zero-order chi connectivity index (χ0) is 9.84. The minimum atomic E-state index is -0.0179. The first-order valence-electron chi connectivity index (χ1n) is 3.88. The molecule has 0 fully saturated rings. The van der Waals surface area contributed by atoms with Crippen molar-refractivity contribution >= 4 is 28.8 Å². The summed E-state index contributed by atoms with van der Waals surface area (Å²) >= 11 is 6.99. The van der Waals surface area contributed by atoms with Gasteiger partial charge in [0.05, 0.1) is 11.7 Å². The highest BCUT2D eigenvalue weighted by atomic mass is 35.5. The van der Waals surface area contributed by atoms with Gasteiger partial charge >= 0.3 is 0 Å². The third kappa shape index (κ3) is 2.42. The smallest absolute Gasteiger partial charge is 0.265 e. The molecule has 0 spiro atoms. The fraction of sp³-hybridized carbons (Fsp3) is 0.500. The van der Waals surface area contributed by atoms with Gasteiger partial charge in [0.15, 0.2) is 0 Å². The first kappa shape index (κ1) is 10.5. The molecule has 72 valence electrons. The Labute approximate surface area is 86.3 Å². The number of amides is 1. The van der Waals surface area contributed by atoms with Crippen LogP contribution in [0.1, 0.15) is 16.6 Å². The van der Waals surface area contributed by atoms with Gasteiger partial charge in [-0.15, -0.1) is 22.9 Å². The summed E-state index contributed by atoms with van der Waals surface area (Å²) in [5, 5.41) is 0. The van der Waals surface area contributed by atoms with Crippen LogP contribution >= 0.6 is 22.9 Å². The van der Waals surface area contributed by atoms with E-state index in [2.05, 4.69) is 4.98 Å². The molecule has 0 aliphatic rings. The predicted octanol–water partition coefficient (Wildman–Crippen LogP) is 1.84. The van der Waals surface area contributed by atoms with Crippen LogP contribution in [0.2, 0.25) is 0 Å². The van der Waals surface area contributed by atoms with E-state index in [1.54, 1.807) is 23.7 Å². The largest absolute Gasteiger partial charge is 0.337 e. The van der Waals surface area contributed by atoms with Gasteiger partial charge in [0.25, 0.3) is 5.91 Å². The third-order valence-electron chi connectivity index (χ3n) is 1.85. The Balaban J connectivity index is 2.68. The number of alkyl halides is 1. The van der Waals surface area contributed by atoms with Gasteiger partial charge in [0, 0.05) is 19.0 Å². The second kappa shape index (κ2) is 4.58. The van der Waals surface area contributed by atoms with E-state index in [1.807, 2.05) is 6.92 Å². The molecule has 13 heavy (non-hydrogen) atoms. The van der Waals surface area contributed by atoms with Gasteiger partial charge in [-0.05, 0) is 6.92 Å². The van der Waals surface area contributed by atoms with E-state index in [-0.39, 0.29) is 11.9 Å². The zero-order valence-corrected chi connectivity index (χ0v) is 9.10. The number of aromatic nitrogens is 1. The molecule has 5 heteroatoms. The fourth-order valence-corrected chi connectivity index (χ4v) is 1.61. The molecule has 1 aromatic rings. The van der Waals surface area contributed by atoms with Crippen LogP contribution in [0.3, 0.4) is 0 Å². The summed E-state index contributed by atoms with van der Waals surface area (Å²) < 4.78 is 0. The van der Waals surface area contributed by atoms with Crippen molar-refractivity contribution < 1.29 is 4.79 Å². The van der Waals surface area contributed by atoms with E-state index in [0.29, 0.717) is 10.8 Å². The van der Waals surface area contributed by atoms with E-state index < -0.39 is 0 Å².